The lowest BCUT2D eigenvalue weighted by Crippen LogP contribution is -2.11. The Labute approximate surface area is 103 Å². The SMILES string of the molecule is COC(=O)CCCS(=O)(=O)c1ccc(F)cc1F. The highest BCUT2D eigenvalue weighted by Gasteiger charge is 2.19. The fraction of sp³-hybridized carbons (Fsp3) is 0.364. The largest absolute Gasteiger partial charge is 0.469 e. The van der Waals surface area contributed by atoms with Gasteiger partial charge in [0.15, 0.2) is 9.84 Å². The zero-order valence-corrected chi connectivity index (χ0v) is 10.5. The summed E-state index contributed by atoms with van der Waals surface area (Å²) >= 11 is 0. The molecule has 0 saturated heterocycles. The molecule has 0 radical (unpaired) electrons. The molecule has 0 bridgehead atoms. The van der Waals surface area contributed by atoms with Crippen LogP contribution in [0.5, 0.6) is 0 Å². The first kappa shape index (κ1) is 14.6. The van der Waals surface area contributed by atoms with Crippen molar-refractivity contribution in [3.05, 3.63) is 29.8 Å². The van der Waals surface area contributed by atoms with E-state index in [-0.39, 0.29) is 12.8 Å². The van der Waals surface area contributed by atoms with Crippen LogP contribution in [0.2, 0.25) is 0 Å². The molecule has 0 fully saturated rings. The van der Waals surface area contributed by atoms with Crippen LogP contribution in [-0.4, -0.2) is 27.2 Å². The van der Waals surface area contributed by atoms with Crippen molar-refractivity contribution in [3.63, 3.8) is 0 Å². The molecule has 0 amide bonds. The summed E-state index contributed by atoms with van der Waals surface area (Å²) in [6.45, 7) is 0. The predicted octanol–water partition coefficient (Wildman–Crippen LogP) is 1.69. The predicted molar refractivity (Wildman–Crippen MR) is 59.7 cm³/mol. The first-order chi connectivity index (χ1) is 8.36. The summed E-state index contributed by atoms with van der Waals surface area (Å²) in [5, 5.41) is 0. The van der Waals surface area contributed by atoms with Gasteiger partial charge in [-0.05, 0) is 18.6 Å². The van der Waals surface area contributed by atoms with Crippen molar-refractivity contribution < 1.29 is 26.7 Å². The van der Waals surface area contributed by atoms with E-state index in [4.69, 9.17) is 0 Å². The van der Waals surface area contributed by atoms with E-state index >= 15 is 0 Å². The number of methoxy groups -OCH3 is 1. The Bertz CT molecular complexity index is 540. The van der Waals surface area contributed by atoms with Crippen LogP contribution >= 0.6 is 0 Å². The van der Waals surface area contributed by atoms with Crippen LogP contribution in [0, 0.1) is 11.6 Å². The number of hydrogen-bond acceptors (Lipinski definition) is 4. The Morgan fingerprint density at radius 2 is 2.00 bits per heavy atom. The van der Waals surface area contributed by atoms with E-state index in [9.17, 15) is 22.0 Å². The fourth-order valence-corrected chi connectivity index (χ4v) is 2.72. The standard InChI is InChI=1S/C11H12F2O4S/c1-17-11(14)3-2-6-18(15,16)10-5-4-8(12)7-9(10)13/h4-5,7H,2-3,6H2,1H3. The zero-order chi connectivity index (χ0) is 13.8. The Morgan fingerprint density at radius 3 is 2.56 bits per heavy atom. The van der Waals surface area contributed by atoms with E-state index in [1.54, 1.807) is 0 Å². The maximum atomic E-state index is 13.3. The van der Waals surface area contributed by atoms with Gasteiger partial charge in [-0.25, -0.2) is 17.2 Å². The lowest BCUT2D eigenvalue weighted by Gasteiger charge is -2.05. The summed E-state index contributed by atoms with van der Waals surface area (Å²) in [7, 11) is -2.67. The van der Waals surface area contributed by atoms with Crippen LogP contribution in [0.15, 0.2) is 23.1 Å². The molecule has 7 heteroatoms. The third-order valence-corrected chi connectivity index (χ3v) is 4.08. The van der Waals surface area contributed by atoms with Crippen LogP contribution < -0.4 is 0 Å². The Kier molecular flexibility index (Phi) is 4.77. The maximum Gasteiger partial charge on any atom is 0.305 e. The van der Waals surface area contributed by atoms with E-state index in [1.165, 1.54) is 7.11 Å². The third kappa shape index (κ3) is 3.76. The van der Waals surface area contributed by atoms with Crippen LogP contribution in [0.25, 0.3) is 0 Å². The quantitative estimate of drug-likeness (QED) is 0.607. The Morgan fingerprint density at radius 1 is 1.33 bits per heavy atom. The molecule has 1 aromatic rings. The first-order valence-corrected chi connectivity index (χ1v) is 6.76. The number of benzene rings is 1. The molecular formula is C11H12F2O4S. The van der Waals surface area contributed by atoms with Crippen molar-refractivity contribution in [2.24, 2.45) is 0 Å². The van der Waals surface area contributed by atoms with Gasteiger partial charge in [0.05, 0.1) is 12.9 Å². The molecular weight excluding hydrogens is 266 g/mol. The number of sulfone groups is 1. The molecule has 1 aromatic carbocycles. The van der Waals surface area contributed by atoms with E-state index in [0.717, 1.165) is 12.1 Å². The van der Waals surface area contributed by atoms with Crippen molar-refractivity contribution >= 4 is 15.8 Å². The zero-order valence-electron chi connectivity index (χ0n) is 9.65. The molecule has 0 aliphatic carbocycles. The van der Waals surface area contributed by atoms with Gasteiger partial charge in [0, 0.05) is 12.5 Å². The van der Waals surface area contributed by atoms with E-state index < -0.39 is 38.1 Å². The molecule has 100 valence electrons. The number of halogens is 2. The molecule has 0 saturated carbocycles. The monoisotopic (exact) mass is 278 g/mol. The van der Waals surface area contributed by atoms with Crippen LogP contribution in [0.3, 0.4) is 0 Å². The molecule has 18 heavy (non-hydrogen) atoms. The van der Waals surface area contributed by atoms with Gasteiger partial charge < -0.3 is 4.74 Å². The lowest BCUT2D eigenvalue weighted by molar-refractivity contribution is -0.140. The van der Waals surface area contributed by atoms with Crippen molar-refractivity contribution in [3.8, 4) is 0 Å². The molecule has 0 atom stereocenters. The number of carbonyl (C=O) groups is 1. The molecule has 1 rings (SSSR count). The summed E-state index contributed by atoms with van der Waals surface area (Å²) in [5.74, 6) is -2.91. The number of carbonyl (C=O) groups excluding carboxylic acids is 1. The number of hydrogen-bond donors (Lipinski definition) is 0. The molecule has 0 spiro atoms. The first-order valence-electron chi connectivity index (χ1n) is 5.11. The minimum absolute atomic E-state index is 0.0197. The highest BCUT2D eigenvalue weighted by Crippen LogP contribution is 2.18. The fourth-order valence-electron chi connectivity index (χ4n) is 1.35. The molecule has 0 aromatic heterocycles. The van der Waals surface area contributed by atoms with Crippen molar-refractivity contribution in [2.45, 2.75) is 17.7 Å². The minimum Gasteiger partial charge on any atom is -0.469 e. The summed E-state index contributed by atoms with van der Waals surface area (Å²) in [6, 6.07) is 2.25. The highest BCUT2D eigenvalue weighted by atomic mass is 32.2. The summed E-state index contributed by atoms with van der Waals surface area (Å²) in [6.07, 6.45) is -0.0512. The Hall–Kier alpha value is -1.50. The van der Waals surface area contributed by atoms with Gasteiger partial charge in [-0.2, -0.15) is 0 Å². The molecule has 0 aliphatic heterocycles. The second-order valence-electron chi connectivity index (χ2n) is 3.57. The molecule has 4 nitrogen and oxygen atoms in total. The smallest absolute Gasteiger partial charge is 0.305 e. The average Bonchev–Trinajstić information content (AvgIpc) is 2.27. The second kappa shape index (κ2) is 5.90. The Balaban J connectivity index is 2.77. The van der Waals surface area contributed by atoms with Crippen LogP contribution in [0.1, 0.15) is 12.8 Å². The van der Waals surface area contributed by atoms with Gasteiger partial charge in [-0.1, -0.05) is 0 Å². The lowest BCUT2D eigenvalue weighted by atomic mass is 10.3. The van der Waals surface area contributed by atoms with Crippen molar-refractivity contribution in [2.75, 3.05) is 12.9 Å². The summed E-state index contributed by atoms with van der Waals surface area (Å²) in [4.78, 5) is 10.2. The number of ether oxygens (including phenoxy) is 1. The van der Waals surface area contributed by atoms with Crippen molar-refractivity contribution in [1.82, 2.24) is 0 Å². The van der Waals surface area contributed by atoms with Gasteiger partial charge in [0.2, 0.25) is 0 Å². The van der Waals surface area contributed by atoms with E-state index in [2.05, 4.69) is 4.74 Å². The minimum atomic E-state index is -3.86. The van der Waals surface area contributed by atoms with Crippen molar-refractivity contribution in [1.29, 1.82) is 0 Å². The third-order valence-electron chi connectivity index (χ3n) is 2.25. The summed E-state index contributed by atoms with van der Waals surface area (Å²) in [5.41, 5.74) is 0. The maximum absolute atomic E-state index is 13.3. The molecule has 0 N–H and O–H groups in total. The average molecular weight is 278 g/mol. The molecule has 0 heterocycles. The number of esters is 1. The van der Waals surface area contributed by atoms with Gasteiger partial charge >= 0.3 is 5.97 Å². The highest BCUT2D eigenvalue weighted by molar-refractivity contribution is 7.91. The van der Waals surface area contributed by atoms with Crippen LogP contribution in [-0.2, 0) is 19.4 Å². The van der Waals surface area contributed by atoms with Gasteiger partial charge in [0.1, 0.15) is 16.5 Å². The van der Waals surface area contributed by atoms with E-state index in [0.29, 0.717) is 6.07 Å². The molecule has 0 unspecified atom stereocenters. The topological polar surface area (TPSA) is 60.4 Å². The van der Waals surface area contributed by atoms with Crippen LogP contribution in [0.4, 0.5) is 8.78 Å². The summed E-state index contributed by atoms with van der Waals surface area (Å²) < 4.78 is 53.7. The normalized spacial score (nSPS) is 11.3. The molecule has 0 aliphatic rings. The van der Waals surface area contributed by atoms with E-state index in [1.807, 2.05) is 0 Å². The number of rotatable bonds is 5. The second-order valence-corrected chi connectivity index (χ2v) is 5.65. The van der Waals surface area contributed by atoms with Gasteiger partial charge in [0.25, 0.3) is 0 Å². The van der Waals surface area contributed by atoms with Gasteiger partial charge in [-0.15, -0.1) is 0 Å². The van der Waals surface area contributed by atoms with Gasteiger partial charge in [-0.3, -0.25) is 4.79 Å².